The normalized spacial score (nSPS) is 10.1. The molecule has 0 saturated carbocycles. The Bertz CT molecular complexity index is 807. The maximum Gasteiger partial charge on any atom is 0.338 e. The van der Waals surface area contributed by atoms with Gasteiger partial charge < -0.3 is 10.1 Å². The van der Waals surface area contributed by atoms with Crippen molar-refractivity contribution in [2.75, 3.05) is 11.9 Å². The average molecular weight is 440 g/mol. The average Bonchev–Trinajstić information content (AvgIpc) is 2.54. The summed E-state index contributed by atoms with van der Waals surface area (Å²) in [5, 5.41) is 13.7. The van der Waals surface area contributed by atoms with E-state index in [1.54, 1.807) is 25.1 Å². The van der Waals surface area contributed by atoms with Gasteiger partial charge in [0.15, 0.2) is 0 Å². The lowest BCUT2D eigenvalue weighted by molar-refractivity contribution is -0.384. The lowest BCUT2D eigenvalue weighted by Crippen LogP contribution is -2.14. The van der Waals surface area contributed by atoms with Crippen LogP contribution in [0.25, 0.3) is 0 Å². The Balaban J connectivity index is 2.35. The Kier molecular flexibility index (Phi) is 5.85. The van der Waals surface area contributed by atoms with Gasteiger partial charge in [0.2, 0.25) is 0 Å². The third-order valence-electron chi connectivity index (χ3n) is 2.98. The Morgan fingerprint density at radius 3 is 2.54 bits per heavy atom. The van der Waals surface area contributed by atoms with E-state index in [0.717, 1.165) is 15.7 Å². The molecule has 7 nitrogen and oxygen atoms in total. The van der Waals surface area contributed by atoms with Crippen molar-refractivity contribution in [3.05, 3.63) is 67.3 Å². The number of ether oxygens (including phenoxy) is 1. The number of halogens is 1. The van der Waals surface area contributed by atoms with Crippen LogP contribution in [0.3, 0.4) is 0 Å². The van der Waals surface area contributed by atoms with Crippen LogP contribution < -0.4 is 5.32 Å². The molecule has 0 radical (unpaired) electrons. The second-order valence-corrected chi connectivity index (χ2v) is 5.96. The molecule has 2 aromatic rings. The van der Waals surface area contributed by atoms with Gasteiger partial charge in [-0.2, -0.15) is 0 Å². The van der Waals surface area contributed by atoms with E-state index in [9.17, 15) is 19.7 Å². The predicted octanol–water partition coefficient (Wildman–Crippen LogP) is 3.63. The molecule has 0 atom stereocenters. The van der Waals surface area contributed by atoms with Crippen molar-refractivity contribution in [1.82, 2.24) is 0 Å². The molecule has 124 valence electrons. The van der Waals surface area contributed by atoms with Gasteiger partial charge in [-0.1, -0.05) is 6.07 Å². The first-order chi connectivity index (χ1) is 11.4. The number of non-ortho nitro benzene ring substituents is 1. The highest BCUT2D eigenvalue weighted by atomic mass is 127. The molecule has 1 amide bonds. The Morgan fingerprint density at radius 2 is 1.92 bits per heavy atom. The summed E-state index contributed by atoms with van der Waals surface area (Å²) in [6, 6.07) is 10.6. The van der Waals surface area contributed by atoms with Gasteiger partial charge in [-0.15, -0.1) is 0 Å². The van der Waals surface area contributed by atoms with Crippen LogP contribution in [0.2, 0.25) is 0 Å². The monoisotopic (exact) mass is 440 g/mol. The molecule has 24 heavy (non-hydrogen) atoms. The van der Waals surface area contributed by atoms with Crippen molar-refractivity contribution < 1.29 is 19.2 Å². The number of nitrogens with one attached hydrogen (secondary N) is 1. The molecule has 2 rings (SSSR count). The quantitative estimate of drug-likeness (QED) is 0.332. The van der Waals surface area contributed by atoms with Crippen molar-refractivity contribution in [2.24, 2.45) is 0 Å². The third-order valence-corrected chi connectivity index (χ3v) is 3.66. The molecule has 0 aliphatic carbocycles. The molecule has 0 saturated heterocycles. The van der Waals surface area contributed by atoms with Gasteiger partial charge in [0, 0.05) is 27.0 Å². The van der Waals surface area contributed by atoms with E-state index < -0.39 is 16.8 Å². The Hall–Kier alpha value is -2.49. The molecule has 2 aromatic carbocycles. The van der Waals surface area contributed by atoms with Crippen LogP contribution in [0.4, 0.5) is 11.4 Å². The van der Waals surface area contributed by atoms with Crippen molar-refractivity contribution in [2.45, 2.75) is 6.92 Å². The van der Waals surface area contributed by atoms with Gasteiger partial charge in [-0.05, 0) is 53.8 Å². The molecule has 0 heterocycles. The summed E-state index contributed by atoms with van der Waals surface area (Å²) in [5.41, 5.74) is 0.161. The number of carbonyl (C=O) groups excluding carboxylic acids is 2. The number of amides is 1. The fraction of sp³-hybridized carbons (Fsp3) is 0.125. The van der Waals surface area contributed by atoms with Crippen LogP contribution in [0.15, 0.2) is 42.5 Å². The summed E-state index contributed by atoms with van der Waals surface area (Å²) in [7, 11) is 0. The summed E-state index contributed by atoms with van der Waals surface area (Å²) in [6.07, 6.45) is 0. The second-order valence-electron chi connectivity index (χ2n) is 4.71. The van der Waals surface area contributed by atoms with Gasteiger partial charge in [-0.25, -0.2) is 4.79 Å². The van der Waals surface area contributed by atoms with Crippen LogP contribution in [0.5, 0.6) is 0 Å². The Labute approximate surface area is 151 Å². The molecule has 1 N–H and O–H groups in total. The smallest absolute Gasteiger partial charge is 0.338 e. The van der Waals surface area contributed by atoms with Crippen LogP contribution in [-0.4, -0.2) is 23.4 Å². The maximum atomic E-state index is 12.3. The lowest BCUT2D eigenvalue weighted by Gasteiger charge is -2.08. The third kappa shape index (κ3) is 4.51. The van der Waals surface area contributed by atoms with Gasteiger partial charge in [0.05, 0.1) is 17.1 Å². The van der Waals surface area contributed by atoms with E-state index in [4.69, 9.17) is 4.74 Å². The number of esters is 1. The number of nitro groups is 1. The van der Waals surface area contributed by atoms with Crippen molar-refractivity contribution in [3.63, 3.8) is 0 Å². The van der Waals surface area contributed by atoms with Crippen molar-refractivity contribution in [3.8, 4) is 0 Å². The summed E-state index contributed by atoms with van der Waals surface area (Å²) in [5.74, 6) is -1.27. The molecule has 8 heteroatoms. The highest BCUT2D eigenvalue weighted by Crippen LogP contribution is 2.20. The van der Waals surface area contributed by atoms with E-state index in [0.29, 0.717) is 5.69 Å². The standard InChI is InChI=1S/C16H13IN2O5/c1-2-24-16(21)11-6-10(7-14(8-11)19(22)23)15(20)18-13-5-3-4-12(17)9-13/h3-9H,2H2,1H3,(H,18,20). The molecular formula is C16H13IN2O5. The number of nitrogens with zero attached hydrogens (tertiary/aromatic N) is 1. The number of benzene rings is 2. The first-order valence-corrected chi connectivity index (χ1v) is 8.02. The number of hydrogen-bond acceptors (Lipinski definition) is 5. The van der Waals surface area contributed by atoms with E-state index in [-0.39, 0.29) is 23.4 Å². The fourth-order valence-electron chi connectivity index (χ4n) is 1.95. The molecule has 0 spiro atoms. The summed E-state index contributed by atoms with van der Waals surface area (Å²) >= 11 is 2.10. The molecule has 0 aliphatic rings. The molecule has 0 fully saturated rings. The second kappa shape index (κ2) is 7.86. The first-order valence-electron chi connectivity index (χ1n) is 6.94. The first kappa shape index (κ1) is 17.9. The van der Waals surface area contributed by atoms with Crippen LogP contribution in [0.1, 0.15) is 27.6 Å². The van der Waals surface area contributed by atoms with Crippen molar-refractivity contribution >= 4 is 45.8 Å². The van der Waals surface area contributed by atoms with Crippen molar-refractivity contribution in [1.29, 1.82) is 0 Å². The lowest BCUT2D eigenvalue weighted by atomic mass is 10.1. The van der Waals surface area contributed by atoms with Gasteiger partial charge in [-0.3, -0.25) is 14.9 Å². The molecular weight excluding hydrogens is 427 g/mol. The van der Waals surface area contributed by atoms with E-state index >= 15 is 0 Å². The van der Waals surface area contributed by atoms with E-state index in [1.165, 1.54) is 6.07 Å². The maximum absolute atomic E-state index is 12.3. The summed E-state index contributed by atoms with van der Waals surface area (Å²) < 4.78 is 5.76. The van der Waals surface area contributed by atoms with Gasteiger partial charge >= 0.3 is 5.97 Å². The predicted molar refractivity (Wildman–Crippen MR) is 96.2 cm³/mol. The SMILES string of the molecule is CCOC(=O)c1cc(C(=O)Nc2cccc(I)c2)cc([N+](=O)[O-])c1. The van der Waals surface area contributed by atoms with Crippen LogP contribution in [-0.2, 0) is 4.74 Å². The molecule has 0 aliphatic heterocycles. The molecule has 0 unspecified atom stereocenters. The van der Waals surface area contributed by atoms with Crippen LogP contribution >= 0.6 is 22.6 Å². The number of rotatable bonds is 5. The van der Waals surface area contributed by atoms with E-state index in [2.05, 4.69) is 27.9 Å². The fourth-order valence-corrected chi connectivity index (χ4v) is 2.49. The highest BCUT2D eigenvalue weighted by molar-refractivity contribution is 14.1. The zero-order chi connectivity index (χ0) is 17.7. The highest BCUT2D eigenvalue weighted by Gasteiger charge is 2.18. The molecule has 0 bridgehead atoms. The van der Waals surface area contributed by atoms with E-state index in [1.807, 2.05) is 6.07 Å². The van der Waals surface area contributed by atoms with Crippen LogP contribution in [0, 0.1) is 13.7 Å². The zero-order valence-electron chi connectivity index (χ0n) is 12.6. The number of anilines is 1. The Morgan fingerprint density at radius 1 is 1.21 bits per heavy atom. The number of carbonyl (C=O) groups is 2. The van der Waals surface area contributed by atoms with Gasteiger partial charge in [0.1, 0.15) is 0 Å². The zero-order valence-corrected chi connectivity index (χ0v) is 14.8. The largest absolute Gasteiger partial charge is 0.462 e. The minimum atomic E-state index is -0.718. The van der Waals surface area contributed by atoms with Gasteiger partial charge in [0.25, 0.3) is 11.6 Å². The molecule has 0 aromatic heterocycles. The topological polar surface area (TPSA) is 98.5 Å². The summed E-state index contributed by atoms with van der Waals surface area (Å²) in [6.45, 7) is 1.76. The number of nitro benzene ring substituents is 1. The summed E-state index contributed by atoms with van der Waals surface area (Å²) in [4.78, 5) is 34.5. The minimum absolute atomic E-state index is 0.00566. The minimum Gasteiger partial charge on any atom is -0.462 e. The number of hydrogen-bond donors (Lipinski definition) is 1.